The summed E-state index contributed by atoms with van der Waals surface area (Å²) in [6.07, 6.45) is 13.6. The van der Waals surface area contributed by atoms with E-state index in [1.54, 1.807) is 0 Å². The van der Waals surface area contributed by atoms with Crippen LogP contribution in [0.3, 0.4) is 0 Å². The first-order valence-electron chi connectivity index (χ1n) is 9.59. The Hall–Kier alpha value is -1.63. The molecule has 0 saturated carbocycles. The molecule has 0 fully saturated rings. The number of hydrogen-bond donors (Lipinski definition) is 4. The molecule has 154 valence electrons. The summed E-state index contributed by atoms with van der Waals surface area (Å²) >= 11 is 0. The van der Waals surface area contributed by atoms with E-state index < -0.39 is 36.4 Å². The molecule has 7 heteroatoms. The summed E-state index contributed by atoms with van der Waals surface area (Å²) in [7, 11) is 0. The van der Waals surface area contributed by atoms with Crippen LogP contribution in [0.2, 0.25) is 0 Å². The number of carboxylic acids is 3. The van der Waals surface area contributed by atoms with Gasteiger partial charge in [0.25, 0.3) is 0 Å². The smallest absolute Gasteiger partial charge is 0.336 e. The molecule has 26 heavy (non-hydrogen) atoms. The number of aliphatic carboxylic acids is 3. The van der Waals surface area contributed by atoms with Crippen molar-refractivity contribution in [3.63, 3.8) is 0 Å². The molecular weight excluding hydrogens is 340 g/mol. The Morgan fingerprint density at radius 2 is 0.885 bits per heavy atom. The highest BCUT2D eigenvalue weighted by atomic mass is 16.4. The summed E-state index contributed by atoms with van der Waals surface area (Å²) in [6, 6.07) is 0. The highest BCUT2D eigenvalue weighted by molar-refractivity contribution is 5.88. The van der Waals surface area contributed by atoms with E-state index in [-0.39, 0.29) is 0 Å². The van der Waals surface area contributed by atoms with Crippen molar-refractivity contribution in [2.24, 2.45) is 0 Å². The summed E-state index contributed by atoms with van der Waals surface area (Å²) in [5.41, 5.74) is -2.74. The SMILES string of the molecule is CCCCCCCCCCCCC.O=C(O)CC(O)(CC(=O)O)C(=O)O. The monoisotopic (exact) mass is 376 g/mol. The lowest BCUT2D eigenvalue weighted by Crippen LogP contribution is -2.42. The zero-order chi connectivity index (χ0) is 20.4. The van der Waals surface area contributed by atoms with Crippen molar-refractivity contribution in [1.82, 2.24) is 0 Å². The average molecular weight is 376 g/mol. The van der Waals surface area contributed by atoms with Crippen LogP contribution in [0.25, 0.3) is 0 Å². The third-order valence-electron chi connectivity index (χ3n) is 3.99. The van der Waals surface area contributed by atoms with Crippen LogP contribution < -0.4 is 0 Å². The fourth-order valence-corrected chi connectivity index (χ4v) is 2.45. The van der Waals surface area contributed by atoms with E-state index in [1.807, 2.05) is 0 Å². The second-order valence-corrected chi connectivity index (χ2v) is 6.66. The summed E-state index contributed by atoms with van der Waals surface area (Å²) in [4.78, 5) is 30.5. The number of rotatable bonds is 15. The van der Waals surface area contributed by atoms with Crippen LogP contribution in [-0.2, 0) is 14.4 Å². The van der Waals surface area contributed by atoms with Gasteiger partial charge in [-0.05, 0) is 0 Å². The van der Waals surface area contributed by atoms with Crippen LogP contribution in [0.15, 0.2) is 0 Å². The molecule has 0 rings (SSSR count). The number of carboxylic acid groups (broad SMARTS) is 3. The van der Waals surface area contributed by atoms with Gasteiger partial charge in [0.15, 0.2) is 5.60 Å². The van der Waals surface area contributed by atoms with E-state index in [0.29, 0.717) is 0 Å². The first kappa shape index (κ1) is 26.6. The molecule has 0 aromatic rings. The first-order chi connectivity index (χ1) is 12.2. The second-order valence-electron chi connectivity index (χ2n) is 6.66. The van der Waals surface area contributed by atoms with Gasteiger partial charge in [0, 0.05) is 0 Å². The molecule has 0 atom stereocenters. The molecule has 0 heterocycles. The molecule has 0 aromatic heterocycles. The normalized spacial score (nSPS) is 10.7. The highest BCUT2D eigenvalue weighted by Crippen LogP contribution is 2.15. The Kier molecular flexibility index (Phi) is 17.2. The van der Waals surface area contributed by atoms with Gasteiger partial charge in [-0.3, -0.25) is 9.59 Å². The molecular formula is C19H36O7. The van der Waals surface area contributed by atoms with Crippen molar-refractivity contribution >= 4 is 17.9 Å². The quantitative estimate of drug-likeness (QED) is 0.317. The third kappa shape index (κ3) is 17.2. The standard InChI is InChI=1S/C13H28.C6H8O7/c1-3-5-7-9-11-13-12-10-8-6-4-2;7-3(8)1-6(13,5(11)12)2-4(9)10/h3-13H2,1-2H3;13H,1-2H2,(H,7,8)(H,9,10)(H,11,12). The van der Waals surface area contributed by atoms with Crippen LogP contribution >= 0.6 is 0 Å². The maximum Gasteiger partial charge on any atom is 0.336 e. The molecule has 0 amide bonds. The zero-order valence-corrected chi connectivity index (χ0v) is 16.2. The van der Waals surface area contributed by atoms with Crippen LogP contribution in [0.4, 0.5) is 0 Å². The maximum atomic E-state index is 10.3. The minimum atomic E-state index is -2.74. The van der Waals surface area contributed by atoms with Crippen molar-refractivity contribution in [2.45, 2.75) is 103 Å². The molecule has 0 aliphatic carbocycles. The van der Waals surface area contributed by atoms with Crippen LogP contribution in [0.5, 0.6) is 0 Å². The van der Waals surface area contributed by atoms with Crippen LogP contribution in [0, 0.1) is 0 Å². The molecule has 7 nitrogen and oxygen atoms in total. The largest absolute Gasteiger partial charge is 0.481 e. The molecule has 0 spiro atoms. The van der Waals surface area contributed by atoms with Gasteiger partial charge in [-0.2, -0.15) is 0 Å². The van der Waals surface area contributed by atoms with Crippen LogP contribution in [-0.4, -0.2) is 43.9 Å². The molecule has 0 aromatic carbocycles. The van der Waals surface area contributed by atoms with Gasteiger partial charge in [0.05, 0.1) is 12.8 Å². The van der Waals surface area contributed by atoms with E-state index in [1.165, 1.54) is 70.6 Å². The van der Waals surface area contributed by atoms with E-state index in [4.69, 9.17) is 20.4 Å². The number of unbranched alkanes of at least 4 members (excludes halogenated alkanes) is 10. The predicted octanol–water partition coefficient (Wildman–Crippen LogP) is 4.07. The van der Waals surface area contributed by atoms with Crippen molar-refractivity contribution in [2.75, 3.05) is 0 Å². The zero-order valence-electron chi connectivity index (χ0n) is 16.2. The Balaban J connectivity index is 0. The predicted molar refractivity (Wildman–Crippen MR) is 99.2 cm³/mol. The molecule has 4 N–H and O–H groups in total. The molecule has 0 aliphatic rings. The third-order valence-corrected chi connectivity index (χ3v) is 3.99. The van der Waals surface area contributed by atoms with Crippen molar-refractivity contribution in [1.29, 1.82) is 0 Å². The van der Waals surface area contributed by atoms with Gasteiger partial charge in [-0.25, -0.2) is 4.79 Å². The van der Waals surface area contributed by atoms with Crippen LogP contribution in [0.1, 0.15) is 97.3 Å². The van der Waals surface area contributed by atoms with Crippen molar-refractivity contribution < 1.29 is 34.8 Å². The van der Waals surface area contributed by atoms with Gasteiger partial charge in [0.1, 0.15) is 0 Å². The minimum absolute atomic E-state index is 1.14. The highest BCUT2D eigenvalue weighted by Gasteiger charge is 2.40. The maximum absolute atomic E-state index is 10.3. The van der Waals surface area contributed by atoms with E-state index in [9.17, 15) is 14.4 Å². The van der Waals surface area contributed by atoms with E-state index in [2.05, 4.69) is 13.8 Å². The molecule has 0 saturated heterocycles. The first-order valence-corrected chi connectivity index (χ1v) is 9.59. The summed E-state index contributed by atoms with van der Waals surface area (Å²) in [6.45, 7) is 4.56. The number of hydrogen-bond acceptors (Lipinski definition) is 4. The Bertz CT molecular complexity index is 367. The molecule has 0 unspecified atom stereocenters. The molecule has 0 bridgehead atoms. The topological polar surface area (TPSA) is 132 Å². The number of aliphatic hydroxyl groups is 1. The lowest BCUT2D eigenvalue weighted by Gasteiger charge is -2.18. The Morgan fingerprint density at radius 1 is 0.615 bits per heavy atom. The lowest BCUT2D eigenvalue weighted by atomic mass is 9.96. The fourth-order valence-electron chi connectivity index (χ4n) is 2.45. The second kappa shape index (κ2) is 16.8. The summed E-state index contributed by atoms with van der Waals surface area (Å²) in [5.74, 6) is -5.02. The fraction of sp³-hybridized carbons (Fsp3) is 0.842. The Labute approximate surface area is 156 Å². The average Bonchev–Trinajstić information content (AvgIpc) is 2.52. The Morgan fingerprint density at radius 3 is 1.08 bits per heavy atom. The molecule has 0 aliphatic heterocycles. The lowest BCUT2D eigenvalue weighted by molar-refractivity contribution is -0.170. The van der Waals surface area contributed by atoms with Gasteiger partial charge in [-0.15, -0.1) is 0 Å². The summed E-state index contributed by atoms with van der Waals surface area (Å²) < 4.78 is 0. The summed E-state index contributed by atoms with van der Waals surface area (Å²) in [5, 5.41) is 33.8. The van der Waals surface area contributed by atoms with Gasteiger partial charge in [0.2, 0.25) is 0 Å². The van der Waals surface area contributed by atoms with Gasteiger partial charge >= 0.3 is 17.9 Å². The van der Waals surface area contributed by atoms with Crippen molar-refractivity contribution in [3.05, 3.63) is 0 Å². The van der Waals surface area contributed by atoms with Crippen molar-refractivity contribution in [3.8, 4) is 0 Å². The minimum Gasteiger partial charge on any atom is -0.481 e. The van der Waals surface area contributed by atoms with Gasteiger partial charge in [-0.1, -0.05) is 84.5 Å². The van der Waals surface area contributed by atoms with E-state index in [0.717, 1.165) is 0 Å². The van der Waals surface area contributed by atoms with Gasteiger partial charge < -0.3 is 20.4 Å². The number of carbonyl (C=O) groups is 3. The van der Waals surface area contributed by atoms with E-state index >= 15 is 0 Å². The molecule has 0 radical (unpaired) electrons.